The molecule has 0 aliphatic rings. The van der Waals surface area contributed by atoms with E-state index in [2.05, 4.69) is 10.4 Å². The molecule has 0 aliphatic heterocycles. The van der Waals surface area contributed by atoms with Crippen LogP contribution in [0.5, 0.6) is 0 Å². The number of hydrogen-bond donors (Lipinski definition) is 3. The van der Waals surface area contributed by atoms with Crippen molar-refractivity contribution in [3.8, 4) is 11.3 Å². The highest BCUT2D eigenvalue weighted by molar-refractivity contribution is 5.68. The Kier molecular flexibility index (Phi) is 4.27. The SMILES string of the molecule is Cc1nn2c(NC[C@H](O)CO)cc(-c3ccccc3)nc2c1C. The molecular formula is C17H20N4O2. The summed E-state index contributed by atoms with van der Waals surface area (Å²) in [6.07, 6.45) is -0.823. The van der Waals surface area contributed by atoms with Gasteiger partial charge in [-0.15, -0.1) is 0 Å². The van der Waals surface area contributed by atoms with E-state index in [1.807, 2.05) is 50.2 Å². The Bertz CT molecular complexity index is 814. The third-order valence-electron chi connectivity index (χ3n) is 3.86. The number of aliphatic hydroxyl groups is 2. The smallest absolute Gasteiger partial charge is 0.161 e. The molecule has 6 heteroatoms. The first kappa shape index (κ1) is 15.5. The Morgan fingerprint density at radius 3 is 2.65 bits per heavy atom. The summed E-state index contributed by atoms with van der Waals surface area (Å²) in [5.41, 5.74) is 4.56. The van der Waals surface area contributed by atoms with Crippen molar-refractivity contribution in [3.63, 3.8) is 0 Å². The van der Waals surface area contributed by atoms with E-state index < -0.39 is 6.10 Å². The molecule has 0 saturated heterocycles. The van der Waals surface area contributed by atoms with Crippen LogP contribution in [-0.2, 0) is 0 Å². The van der Waals surface area contributed by atoms with Crippen LogP contribution in [0, 0.1) is 13.8 Å². The molecule has 1 atom stereocenters. The minimum absolute atomic E-state index is 0.238. The van der Waals surface area contributed by atoms with E-state index in [1.54, 1.807) is 4.52 Å². The van der Waals surface area contributed by atoms with Gasteiger partial charge in [0, 0.05) is 23.7 Å². The van der Waals surface area contributed by atoms with Gasteiger partial charge in [0.1, 0.15) is 5.82 Å². The van der Waals surface area contributed by atoms with Crippen molar-refractivity contribution in [2.45, 2.75) is 20.0 Å². The summed E-state index contributed by atoms with van der Waals surface area (Å²) in [5, 5.41) is 26.2. The van der Waals surface area contributed by atoms with Gasteiger partial charge in [-0.3, -0.25) is 0 Å². The first-order valence-electron chi connectivity index (χ1n) is 7.55. The zero-order valence-electron chi connectivity index (χ0n) is 13.2. The number of rotatable bonds is 5. The number of anilines is 1. The molecule has 23 heavy (non-hydrogen) atoms. The largest absolute Gasteiger partial charge is 0.394 e. The van der Waals surface area contributed by atoms with Crippen LogP contribution in [0.4, 0.5) is 5.82 Å². The third kappa shape index (κ3) is 3.04. The van der Waals surface area contributed by atoms with E-state index in [4.69, 9.17) is 10.1 Å². The summed E-state index contributed by atoms with van der Waals surface area (Å²) in [4.78, 5) is 4.72. The minimum Gasteiger partial charge on any atom is -0.394 e. The second-order valence-corrected chi connectivity index (χ2v) is 5.56. The molecule has 0 radical (unpaired) electrons. The Balaban J connectivity index is 2.10. The average molecular weight is 312 g/mol. The lowest BCUT2D eigenvalue weighted by molar-refractivity contribution is 0.105. The maximum absolute atomic E-state index is 9.58. The van der Waals surface area contributed by atoms with Gasteiger partial charge in [0.2, 0.25) is 0 Å². The average Bonchev–Trinajstić information content (AvgIpc) is 2.88. The number of aromatic nitrogens is 3. The topological polar surface area (TPSA) is 82.7 Å². The second kappa shape index (κ2) is 6.36. The Morgan fingerprint density at radius 1 is 1.22 bits per heavy atom. The number of nitrogens with one attached hydrogen (secondary N) is 1. The minimum atomic E-state index is -0.823. The maximum Gasteiger partial charge on any atom is 0.161 e. The number of nitrogens with zero attached hydrogens (tertiary/aromatic N) is 3. The molecule has 2 heterocycles. The van der Waals surface area contributed by atoms with Gasteiger partial charge in [-0.1, -0.05) is 30.3 Å². The van der Waals surface area contributed by atoms with Gasteiger partial charge < -0.3 is 15.5 Å². The summed E-state index contributed by atoms with van der Waals surface area (Å²) in [5.74, 6) is 0.734. The van der Waals surface area contributed by atoms with Gasteiger partial charge in [-0.2, -0.15) is 9.61 Å². The van der Waals surface area contributed by atoms with Gasteiger partial charge in [-0.05, 0) is 13.8 Å². The first-order valence-corrected chi connectivity index (χ1v) is 7.55. The highest BCUT2D eigenvalue weighted by atomic mass is 16.3. The summed E-state index contributed by atoms with van der Waals surface area (Å²) >= 11 is 0. The van der Waals surface area contributed by atoms with Crippen molar-refractivity contribution in [2.75, 3.05) is 18.5 Å². The van der Waals surface area contributed by atoms with Crippen molar-refractivity contribution in [2.24, 2.45) is 0 Å². The van der Waals surface area contributed by atoms with Crippen LogP contribution >= 0.6 is 0 Å². The molecule has 0 fully saturated rings. The molecule has 0 bridgehead atoms. The van der Waals surface area contributed by atoms with Crippen LogP contribution in [0.2, 0.25) is 0 Å². The van der Waals surface area contributed by atoms with Crippen molar-refractivity contribution < 1.29 is 10.2 Å². The summed E-state index contributed by atoms with van der Waals surface area (Å²) < 4.78 is 1.74. The summed E-state index contributed by atoms with van der Waals surface area (Å²) in [7, 11) is 0. The summed E-state index contributed by atoms with van der Waals surface area (Å²) in [6, 6.07) is 11.8. The second-order valence-electron chi connectivity index (χ2n) is 5.56. The molecule has 3 rings (SSSR count). The number of fused-ring (bicyclic) bond motifs is 1. The molecule has 120 valence electrons. The van der Waals surface area contributed by atoms with Crippen LogP contribution in [0.25, 0.3) is 16.9 Å². The molecule has 2 aromatic heterocycles. The summed E-state index contributed by atoms with van der Waals surface area (Å²) in [6.45, 7) is 3.88. The van der Waals surface area contributed by atoms with Gasteiger partial charge >= 0.3 is 0 Å². The molecule has 1 aromatic carbocycles. The van der Waals surface area contributed by atoms with Crippen molar-refractivity contribution in [3.05, 3.63) is 47.7 Å². The zero-order valence-corrected chi connectivity index (χ0v) is 13.2. The molecule has 0 spiro atoms. The van der Waals surface area contributed by atoms with Crippen LogP contribution in [-0.4, -0.2) is 44.1 Å². The zero-order chi connectivity index (χ0) is 16.4. The molecule has 0 unspecified atom stereocenters. The predicted molar refractivity (Wildman–Crippen MR) is 89.5 cm³/mol. The van der Waals surface area contributed by atoms with Crippen molar-refractivity contribution >= 4 is 11.5 Å². The van der Waals surface area contributed by atoms with Gasteiger partial charge in [0.15, 0.2) is 5.65 Å². The Morgan fingerprint density at radius 2 is 1.96 bits per heavy atom. The van der Waals surface area contributed by atoms with Crippen LogP contribution < -0.4 is 5.32 Å². The number of benzene rings is 1. The molecular weight excluding hydrogens is 292 g/mol. The molecule has 3 N–H and O–H groups in total. The van der Waals surface area contributed by atoms with Crippen LogP contribution in [0.15, 0.2) is 36.4 Å². The van der Waals surface area contributed by atoms with E-state index >= 15 is 0 Å². The lowest BCUT2D eigenvalue weighted by atomic mass is 10.1. The fourth-order valence-corrected chi connectivity index (χ4v) is 2.40. The van der Waals surface area contributed by atoms with E-state index in [9.17, 15) is 5.11 Å². The van der Waals surface area contributed by atoms with Gasteiger partial charge in [0.25, 0.3) is 0 Å². The fourth-order valence-electron chi connectivity index (χ4n) is 2.40. The van der Waals surface area contributed by atoms with Gasteiger partial charge in [0.05, 0.1) is 24.1 Å². The van der Waals surface area contributed by atoms with Crippen LogP contribution in [0.3, 0.4) is 0 Å². The van der Waals surface area contributed by atoms with E-state index in [0.29, 0.717) is 0 Å². The van der Waals surface area contributed by atoms with Crippen molar-refractivity contribution in [1.82, 2.24) is 14.6 Å². The van der Waals surface area contributed by atoms with Crippen LogP contribution in [0.1, 0.15) is 11.3 Å². The van der Waals surface area contributed by atoms with E-state index in [0.717, 1.165) is 34.0 Å². The number of hydrogen-bond acceptors (Lipinski definition) is 5. The van der Waals surface area contributed by atoms with Crippen molar-refractivity contribution in [1.29, 1.82) is 0 Å². The highest BCUT2D eigenvalue weighted by Crippen LogP contribution is 2.24. The molecule has 0 saturated carbocycles. The normalized spacial score (nSPS) is 12.5. The van der Waals surface area contributed by atoms with E-state index in [-0.39, 0.29) is 13.2 Å². The van der Waals surface area contributed by atoms with Gasteiger partial charge in [-0.25, -0.2) is 4.98 Å². The predicted octanol–water partition coefficient (Wildman–Crippen LogP) is 1.78. The first-order chi connectivity index (χ1) is 11.1. The molecule has 6 nitrogen and oxygen atoms in total. The molecule has 3 aromatic rings. The third-order valence-corrected chi connectivity index (χ3v) is 3.86. The lowest BCUT2D eigenvalue weighted by Gasteiger charge is -2.13. The quantitative estimate of drug-likeness (QED) is 0.669. The Hall–Kier alpha value is -2.44. The lowest BCUT2D eigenvalue weighted by Crippen LogP contribution is -2.24. The monoisotopic (exact) mass is 312 g/mol. The Labute approximate surface area is 134 Å². The number of aryl methyl sites for hydroxylation is 2. The fraction of sp³-hybridized carbons (Fsp3) is 0.294. The molecule has 0 amide bonds. The maximum atomic E-state index is 9.58. The molecule has 0 aliphatic carbocycles. The van der Waals surface area contributed by atoms with E-state index in [1.165, 1.54) is 0 Å². The number of aliphatic hydroxyl groups excluding tert-OH is 2. The standard InChI is InChI=1S/C17H20N4O2/c1-11-12(2)20-21-16(18-9-14(23)10-22)8-15(19-17(11)21)13-6-4-3-5-7-13/h3-8,14,18,22-23H,9-10H2,1-2H3/t14-/m0/s1. The highest BCUT2D eigenvalue weighted by Gasteiger charge is 2.13.